The van der Waals surface area contributed by atoms with Crippen LogP contribution in [0.1, 0.15) is 49.9 Å². The lowest BCUT2D eigenvalue weighted by Gasteiger charge is -2.38. The van der Waals surface area contributed by atoms with Crippen molar-refractivity contribution in [3.05, 3.63) is 64.7 Å². The molecule has 0 bridgehead atoms. The molecule has 2 aliphatic heterocycles. The second-order valence-corrected chi connectivity index (χ2v) is 8.02. The van der Waals surface area contributed by atoms with E-state index < -0.39 is 17.3 Å². The number of hydrogen-bond acceptors (Lipinski definition) is 2. The molecule has 29 heavy (non-hydrogen) atoms. The van der Waals surface area contributed by atoms with E-state index in [1.165, 1.54) is 12.1 Å². The Morgan fingerprint density at radius 1 is 1.10 bits per heavy atom. The summed E-state index contributed by atoms with van der Waals surface area (Å²) >= 11 is 0. The van der Waals surface area contributed by atoms with E-state index in [0.29, 0.717) is 5.56 Å². The molecular weight excluding hydrogens is 377 g/mol. The van der Waals surface area contributed by atoms with Gasteiger partial charge in [0.1, 0.15) is 5.71 Å². The van der Waals surface area contributed by atoms with Crippen LogP contribution in [0.15, 0.2) is 47.5 Å². The first-order valence-electron chi connectivity index (χ1n) is 9.50. The van der Waals surface area contributed by atoms with Crippen LogP contribution >= 0.6 is 0 Å². The molecule has 0 aliphatic carbocycles. The first-order valence-corrected chi connectivity index (χ1v) is 9.50. The maximum absolute atomic E-state index is 13.3. The number of halogens is 3. The van der Waals surface area contributed by atoms with Gasteiger partial charge in [0.05, 0.1) is 22.5 Å². The van der Waals surface area contributed by atoms with E-state index in [1.54, 1.807) is 4.90 Å². The zero-order valence-electron chi connectivity index (χ0n) is 16.7. The number of rotatable bonds is 2. The lowest BCUT2D eigenvalue weighted by molar-refractivity contribution is -0.137. The van der Waals surface area contributed by atoms with Crippen molar-refractivity contribution in [3.8, 4) is 0 Å². The number of nitrogens with zero attached hydrogens (tertiary/aromatic N) is 2. The van der Waals surface area contributed by atoms with Crippen LogP contribution in [0.2, 0.25) is 0 Å². The van der Waals surface area contributed by atoms with Crippen molar-refractivity contribution in [3.63, 3.8) is 0 Å². The van der Waals surface area contributed by atoms with Gasteiger partial charge >= 0.3 is 6.18 Å². The molecule has 0 saturated carbocycles. The van der Waals surface area contributed by atoms with Gasteiger partial charge in [-0.2, -0.15) is 13.2 Å². The highest BCUT2D eigenvalue weighted by atomic mass is 19.4. The van der Waals surface area contributed by atoms with Crippen LogP contribution in [0, 0.1) is 0 Å². The Morgan fingerprint density at radius 2 is 1.79 bits per heavy atom. The molecule has 2 aromatic carbocycles. The highest BCUT2D eigenvalue weighted by molar-refractivity contribution is 6.55. The number of hydrogen-bond donors (Lipinski definition) is 0. The van der Waals surface area contributed by atoms with Gasteiger partial charge in [0.15, 0.2) is 0 Å². The Hall–Kier alpha value is -2.89. The Kier molecular flexibility index (Phi) is 4.22. The van der Waals surface area contributed by atoms with E-state index in [2.05, 4.69) is 11.1 Å². The van der Waals surface area contributed by atoms with E-state index in [-0.39, 0.29) is 17.3 Å². The number of allylic oxidation sites excluding steroid dienone is 1. The van der Waals surface area contributed by atoms with Gasteiger partial charge in [0.25, 0.3) is 5.91 Å². The van der Waals surface area contributed by atoms with E-state index >= 15 is 0 Å². The summed E-state index contributed by atoms with van der Waals surface area (Å²) in [6.45, 7) is 7.93. The standard InChI is InChI=1S/C23H21F3N2O/c1-5-14-9-17-13(2)12-22(3,4)28-20(17)18(10-14)19(21(28)29)27-16-8-6-7-15(11-16)23(24,25)26/h6-12H,5H2,1-4H3. The minimum absolute atomic E-state index is 0.112. The molecule has 1 amide bonds. The molecular formula is C23H21F3N2O. The van der Waals surface area contributed by atoms with Crippen LogP contribution in [0.5, 0.6) is 0 Å². The summed E-state index contributed by atoms with van der Waals surface area (Å²) in [6, 6.07) is 8.77. The SMILES string of the molecule is CCc1cc2c3c(c1)C(=Nc1cccc(C(F)(F)F)c1)C(=O)N3C(C)(C)C=C2C. The maximum Gasteiger partial charge on any atom is 0.416 e. The lowest BCUT2D eigenvalue weighted by Crippen LogP contribution is -2.47. The van der Waals surface area contributed by atoms with Crippen molar-refractivity contribution >= 4 is 28.6 Å². The fourth-order valence-electron chi connectivity index (χ4n) is 4.15. The maximum atomic E-state index is 13.3. The Balaban J connectivity index is 1.94. The highest BCUT2D eigenvalue weighted by Crippen LogP contribution is 2.46. The third-order valence-corrected chi connectivity index (χ3v) is 5.45. The monoisotopic (exact) mass is 398 g/mol. The number of aryl methyl sites for hydroxylation is 1. The van der Waals surface area contributed by atoms with E-state index in [9.17, 15) is 18.0 Å². The quantitative estimate of drug-likeness (QED) is 0.617. The number of amides is 1. The van der Waals surface area contributed by atoms with Crippen molar-refractivity contribution in [1.82, 2.24) is 0 Å². The zero-order chi connectivity index (χ0) is 21.1. The second kappa shape index (κ2) is 6.31. The Bertz CT molecular complexity index is 1090. The largest absolute Gasteiger partial charge is 0.416 e. The molecule has 0 fully saturated rings. The van der Waals surface area contributed by atoms with E-state index in [1.807, 2.05) is 39.8 Å². The van der Waals surface area contributed by atoms with Gasteiger partial charge < -0.3 is 0 Å². The molecule has 2 heterocycles. The molecule has 0 spiro atoms. The number of aliphatic imine (C=N–C) groups is 1. The van der Waals surface area contributed by atoms with Crippen molar-refractivity contribution in [2.24, 2.45) is 4.99 Å². The average Bonchev–Trinajstić information content (AvgIpc) is 2.92. The van der Waals surface area contributed by atoms with Gasteiger partial charge in [-0.3, -0.25) is 9.69 Å². The minimum Gasteiger partial charge on any atom is -0.297 e. The number of carbonyl (C=O) groups is 1. The average molecular weight is 398 g/mol. The van der Waals surface area contributed by atoms with Crippen LogP contribution in [0.4, 0.5) is 24.5 Å². The predicted octanol–water partition coefficient (Wildman–Crippen LogP) is 5.93. The van der Waals surface area contributed by atoms with Crippen molar-refractivity contribution < 1.29 is 18.0 Å². The van der Waals surface area contributed by atoms with Crippen LogP contribution in [0.25, 0.3) is 5.57 Å². The van der Waals surface area contributed by atoms with Gasteiger partial charge in [0, 0.05) is 11.1 Å². The summed E-state index contributed by atoms with van der Waals surface area (Å²) in [5.41, 5.74) is 3.54. The van der Waals surface area contributed by atoms with Gasteiger partial charge in [-0.1, -0.05) is 19.1 Å². The van der Waals surface area contributed by atoms with Crippen molar-refractivity contribution in [2.75, 3.05) is 4.90 Å². The van der Waals surface area contributed by atoms with Gasteiger partial charge in [-0.05, 0) is 68.7 Å². The minimum atomic E-state index is -4.46. The summed E-state index contributed by atoms with van der Waals surface area (Å²) in [4.78, 5) is 19.4. The number of benzene rings is 2. The van der Waals surface area contributed by atoms with Crippen LogP contribution in [-0.4, -0.2) is 17.2 Å². The molecule has 3 nitrogen and oxygen atoms in total. The number of alkyl halides is 3. The molecule has 0 radical (unpaired) electrons. The van der Waals surface area contributed by atoms with Crippen molar-refractivity contribution in [1.29, 1.82) is 0 Å². The predicted molar refractivity (Wildman–Crippen MR) is 109 cm³/mol. The fourth-order valence-corrected chi connectivity index (χ4v) is 4.15. The Morgan fingerprint density at radius 3 is 2.45 bits per heavy atom. The summed E-state index contributed by atoms with van der Waals surface area (Å²) in [7, 11) is 0. The van der Waals surface area contributed by atoms with Crippen LogP contribution < -0.4 is 4.90 Å². The van der Waals surface area contributed by atoms with E-state index in [0.717, 1.165) is 40.9 Å². The van der Waals surface area contributed by atoms with Crippen molar-refractivity contribution in [2.45, 2.75) is 45.8 Å². The molecule has 0 N–H and O–H groups in total. The summed E-state index contributed by atoms with van der Waals surface area (Å²) in [6.07, 6.45) is -1.64. The summed E-state index contributed by atoms with van der Waals surface area (Å²) in [5, 5.41) is 0. The smallest absolute Gasteiger partial charge is 0.297 e. The Labute approximate surface area is 167 Å². The van der Waals surface area contributed by atoms with Crippen LogP contribution in [0.3, 0.4) is 0 Å². The van der Waals surface area contributed by atoms with E-state index in [4.69, 9.17) is 0 Å². The molecule has 2 aromatic rings. The molecule has 0 aromatic heterocycles. The summed E-state index contributed by atoms with van der Waals surface area (Å²) in [5.74, 6) is -0.291. The first kappa shape index (κ1) is 19.4. The first-order chi connectivity index (χ1) is 13.5. The normalized spacial score (nSPS) is 18.9. The molecule has 6 heteroatoms. The molecule has 2 aliphatic rings. The third kappa shape index (κ3) is 3.07. The molecule has 0 unspecified atom stereocenters. The van der Waals surface area contributed by atoms with Gasteiger partial charge in [0.2, 0.25) is 0 Å². The topological polar surface area (TPSA) is 32.7 Å². The fraction of sp³-hybridized carbons (Fsp3) is 0.304. The molecule has 0 atom stereocenters. The third-order valence-electron chi connectivity index (χ3n) is 5.45. The zero-order valence-corrected chi connectivity index (χ0v) is 16.7. The molecule has 4 rings (SSSR count). The number of anilines is 1. The van der Waals surface area contributed by atoms with Gasteiger partial charge in [-0.15, -0.1) is 0 Å². The second-order valence-electron chi connectivity index (χ2n) is 8.02. The lowest BCUT2D eigenvalue weighted by atomic mass is 9.88. The van der Waals surface area contributed by atoms with Gasteiger partial charge in [-0.25, -0.2) is 4.99 Å². The molecule has 150 valence electrons. The summed E-state index contributed by atoms with van der Waals surface area (Å²) < 4.78 is 39.3. The van der Waals surface area contributed by atoms with Crippen LogP contribution in [-0.2, 0) is 17.4 Å². The highest BCUT2D eigenvalue weighted by Gasteiger charge is 2.45. The molecule has 0 saturated heterocycles. The number of carbonyl (C=O) groups excluding carboxylic acids is 1.